The molecule has 0 radical (unpaired) electrons. The Kier molecular flexibility index (Phi) is 6.58. The summed E-state index contributed by atoms with van der Waals surface area (Å²) in [4.78, 5) is 16.8. The molecule has 3 aromatic carbocycles. The van der Waals surface area contributed by atoms with Crippen molar-refractivity contribution in [3.05, 3.63) is 97.7 Å². The van der Waals surface area contributed by atoms with Gasteiger partial charge < -0.3 is 14.2 Å². The van der Waals surface area contributed by atoms with E-state index in [2.05, 4.69) is 27.6 Å². The average Bonchev–Trinajstić information content (AvgIpc) is 3.14. The van der Waals surface area contributed by atoms with Gasteiger partial charge in [0.05, 0.1) is 17.7 Å². The average molecular weight is 546 g/mol. The first-order valence-electron chi connectivity index (χ1n) is 9.37. The minimum absolute atomic E-state index is 0.155. The van der Waals surface area contributed by atoms with Gasteiger partial charge in [0.2, 0.25) is 5.90 Å². The number of para-hydroxylation sites is 1. The molecular formula is C24H17ClINO4. The topological polar surface area (TPSA) is 57.1 Å². The van der Waals surface area contributed by atoms with Crippen LogP contribution in [0.15, 0.2) is 77.4 Å². The molecule has 7 heteroatoms. The number of aliphatic imine (C=N–C) groups is 1. The van der Waals surface area contributed by atoms with E-state index in [1.165, 1.54) is 0 Å². The Morgan fingerprint density at radius 3 is 2.61 bits per heavy atom. The van der Waals surface area contributed by atoms with Crippen molar-refractivity contribution in [2.75, 3.05) is 7.11 Å². The second-order valence-corrected chi connectivity index (χ2v) is 8.14. The van der Waals surface area contributed by atoms with E-state index in [0.29, 0.717) is 34.3 Å². The minimum atomic E-state index is -0.554. The normalized spacial score (nSPS) is 14.4. The molecule has 0 bridgehead atoms. The summed E-state index contributed by atoms with van der Waals surface area (Å²) in [6.07, 6.45) is 1.62. The van der Waals surface area contributed by atoms with Crippen molar-refractivity contribution >= 4 is 52.1 Å². The fourth-order valence-corrected chi connectivity index (χ4v) is 3.79. The van der Waals surface area contributed by atoms with Gasteiger partial charge in [0, 0.05) is 14.7 Å². The number of methoxy groups -OCH3 is 1. The molecule has 156 valence electrons. The summed E-state index contributed by atoms with van der Waals surface area (Å²) >= 11 is 8.48. The number of nitrogens with zero attached hydrogens (tertiary/aromatic N) is 1. The fourth-order valence-electron chi connectivity index (χ4n) is 3.03. The van der Waals surface area contributed by atoms with Crippen molar-refractivity contribution in [2.45, 2.75) is 6.61 Å². The second-order valence-electron chi connectivity index (χ2n) is 6.57. The first kappa shape index (κ1) is 21.4. The first-order chi connectivity index (χ1) is 15.1. The summed E-state index contributed by atoms with van der Waals surface area (Å²) in [7, 11) is 1.57. The summed E-state index contributed by atoms with van der Waals surface area (Å²) in [5.74, 6) is 0.695. The zero-order valence-electron chi connectivity index (χ0n) is 16.5. The van der Waals surface area contributed by atoms with E-state index in [1.807, 2.05) is 36.4 Å². The fraction of sp³-hybridized carbons (Fsp3) is 0.0833. The SMILES string of the molecule is COc1cccc(/C=C2\N=C(c3ccccc3Cl)OC2=O)c1OCc1ccccc1I. The van der Waals surface area contributed by atoms with Crippen molar-refractivity contribution < 1.29 is 19.0 Å². The van der Waals surface area contributed by atoms with Gasteiger partial charge in [0.15, 0.2) is 17.2 Å². The molecule has 0 saturated heterocycles. The number of hydrogen-bond donors (Lipinski definition) is 0. The van der Waals surface area contributed by atoms with Crippen LogP contribution in [0.5, 0.6) is 11.5 Å². The third kappa shape index (κ3) is 4.75. The monoisotopic (exact) mass is 545 g/mol. The Labute approximate surface area is 198 Å². The summed E-state index contributed by atoms with van der Waals surface area (Å²) in [6, 6.07) is 20.5. The zero-order valence-corrected chi connectivity index (χ0v) is 19.4. The molecule has 5 nitrogen and oxygen atoms in total. The summed E-state index contributed by atoms with van der Waals surface area (Å²) in [5, 5.41) is 0.457. The van der Waals surface area contributed by atoms with Crippen molar-refractivity contribution in [3.63, 3.8) is 0 Å². The number of cyclic esters (lactones) is 1. The second kappa shape index (κ2) is 9.53. The molecule has 0 atom stereocenters. The number of carbonyl (C=O) groups excluding carboxylic acids is 1. The highest BCUT2D eigenvalue weighted by Crippen LogP contribution is 2.34. The first-order valence-corrected chi connectivity index (χ1v) is 10.8. The molecule has 31 heavy (non-hydrogen) atoms. The Balaban J connectivity index is 1.68. The molecule has 4 rings (SSSR count). The summed E-state index contributed by atoms with van der Waals surface area (Å²) in [5.41, 5.74) is 2.41. The van der Waals surface area contributed by atoms with Crippen LogP contribution in [-0.2, 0) is 16.1 Å². The Bertz CT molecular complexity index is 1210. The molecule has 0 N–H and O–H groups in total. The van der Waals surface area contributed by atoms with Gasteiger partial charge in [-0.05, 0) is 52.9 Å². The van der Waals surface area contributed by atoms with Crippen molar-refractivity contribution in [1.82, 2.24) is 0 Å². The molecular weight excluding hydrogens is 529 g/mol. The lowest BCUT2D eigenvalue weighted by atomic mass is 10.1. The molecule has 0 aliphatic carbocycles. The lowest BCUT2D eigenvalue weighted by Gasteiger charge is -2.14. The number of rotatable bonds is 6. The van der Waals surface area contributed by atoms with Crippen LogP contribution in [-0.4, -0.2) is 19.0 Å². The molecule has 0 saturated carbocycles. The van der Waals surface area contributed by atoms with E-state index in [0.717, 1.165) is 9.13 Å². The van der Waals surface area contributed by atoms with Crippen LogP contribution in [0.2, 0.25) is 5.02 Å². The van der Waals surface area contributed by atoms with Gasteiger partial charge in [-0.2, -0.15) is 0 Å². The van der Waals surface area contributed by atoms with Crippen molar-refractivity contribution in [2.24, 2.45) is 4.99 Å². The lowest BCUT2D eigenvalue weighted by molar-refractivity contribution is -0.129. The number of halogens is 2. The van der Waals surface area contributed by atoms with Crippen LogP contribution in [0, 0.1) is 3.57 Å². The maximum absolute atomic E-state index is 12.4. The molecule has 0 spiro atoms. The Morgan fingerprint density at radius 1 is 1.06 bits per heavy atom. The number of ether oxygens (including phenoxy) is 3. The van der Waals surface area contributed by atoms with Crippen LogP contribution in [0.4, 0.5) is 0 Å². The quantitative estimate of drug-likeness (QED) is 0.221. The number of hydrogen-bond acceptors (Lipinski definition) is 5. The Morgan fingerprint density at radius 2 is 1.84 bits per heavy atom. The molecule has 0 aromatic heterocycles. The lowest BCUT2D eigenvalue weighted by Crippen LogP contribution is -2.06. The highest BCUT2D eigenvalue weighted by Gasteiger charge is 2.26. The summed E-state index contributed by atoms with van der Waals surface area (Å²) < 4.78 is 18.0. The minimum Gasteiger partial charge on any atom is -0.493 e. The van der Waals surface area contributed by atoms with Crippen LogP contribution in [0.25, 0.3) is 6.08 Å². The highest BCUT2D eigenvalue weighted by atomic mass is 127. The summed E-state index contributed by atoms with van der Waals surface area (Å²) in [6.45, 7) is 0.355. The van der Waals surface area contributed by atoms with E-state index in [1.54, 1.807) is 43.5 Å². The van der Waals surface area contributed by atoms with Gasteiger partial charge in [-0.1, -0.05) is 54.1 Å². The Hall–Kier alpha value is -2.84. The van der Waals surface area contributed by atoms with E-state index < -0.39 is 5.97 Å². The van der Waals surface area contributed by atoms with Crippen LogP contribution >= 0.6 is 34.2 Å². The smallest absolute Gasteiger partial charge is 0.363 e. The van der Waals surface area contributed by atoms with Gasteiger partial charge in [0.1, 0.15) is 6.61 Å². The van der Waals surface area contributed by atoms with Crippen molar-refractivity contribution in [3.8, 4) is 11.5 Å². The standard InChI is InChI=1S/C24H17ClINO4/c1-29-21-12-6-8-15(22(21)30-14-16-7-2-5-11-19(16)26)13-20-24(28)31-23(27-20)17-9-3-4-10-18(17)25/h2-13H,14H2,1H3/b20-13-. The number of esters is 1. The van der Waals surface area contributed by atoms with Gasteiger partial charge >= 0.3 is 5.97 Å². The zero-order chi connectivity index (χ0) is 21.8. The van der Waals surface area contributed by atoms with Crippen LogP contribution < -0.4 is 9.47 Å². The molecule has 3 aromatic rings. The highest BCUT2D eigenvalue weighted by molar-refractivity contribution is 14.1. The maximum Gasteiger partial charge on any atom is 0.363 e. The van der Waals surface area contributed by atoms with Gasteiger partial charge in [-0.3, -0.25) is 0 Å². The van der Waals surface area contributed by atoms with Crippen LogP contribution in [0.3, 0.4) is 0 Å². The predicted molar refractivity (Wildman–Crippen MR) is 129 cm³/mol. The largest absolute Gasteiger partial charge is 0.493 e. The predicted octanol–water partition coefficient (Wildman–Crippen LogP) is 5.88. The number of benzene rings is 3. The molecule has 0 fully saturated rings. The van der Waals surface area contributed by atoms with Gasteiger partial charge in [-0.15, -0.1) is 0 Å². The van der Waals surface area contributed by atoms with E-state index in [4.69, 9.17) is 25.8 Å². The molecule has 0 unspecified atom stereocenters. The van der Waals surface area contributed by atoms with Gasteiger partial charge in [0.25, 0.3) is 0 Å². The molecule has 0 amide bonds. The van der Waals surface area contributed by atoms with E-state index in [9.17, 15) is 4.79 Å². The van der Waals surface area contributed by atoms with E-state index >= 15 is 0 Å². The third-order valence-electron chi connectivity index (χ3n) is 4.58. The molecule has 1 heterocycles. The number of carbonyl (C=O) groups is 1. The van der Waals surface area contributed by atoms with Crippen molar-refractivity contribution in [1.29, 1.82) is 0 Å². The molecule has 1 aliphatic heterocycles. The molecule has 1 aliphatic rings. The third-order valence-corrected chi connectivity index (χ3v) is 5.96. The maximum atomic E-state index is 12.4. The van der Waals surface area contributed by atoms with Crippen LogP contribution in [0.1, 0.15) is 16.7 Å². The van der Waals surface area contributed by atoms with Gasteiger partial charge in [-0.25, -0.2) is 9.79 Å². The van der Waals surface area contributed by atoms with E-state index in [-0.39, 0.29) is 11.6 Å².